The Balaban J connectivity index is 2.04. The summed E-state index contributed by atoms with van der Waals surface area (Å²) < 4.78 is 1.21. The first-order valence-corrected chi connectivity index (χ1v) is 6.36. The summed E-state index contributed by atoms with van der Waals surface area (Å²) in [5, 5.41) is 3.94. The third-order valence-electron chi connectivity index (χ3n) is 3.39. The molecular formula is C12H15N3S. The lowest BCUT2D eigenvalue weighted by Gasteiger charge is -2.14. The summed E-state index contributed by atoms with van der Waals surface area (Å²) in [5.41, 5.74) is 8.54. The third kappa shape index (κ3) is 1.49. The number of aromatic nitrogens is 1. The molecule has 0 amide bonds. The van der Waals surface area contributed by atoms with Crippen LogP contribution < -0.4 is 11.1 Å². The van der Waals surface area contributed by atoms with E-state index in [4.69, 9.17) is 5.73 Å². The van der Waals surface area contributed by atoms with E-state index in [1.165, 1.54) is 23.1 Å². The lowest BCUT2D eigenvalue weighted by Crippen LogP contribution is -2.23. The molecule has 0 bridgehead atoms. The SMILES string of the molecule is CNCC1(c2ccc3nc(N)sc3c2)CC1. The molecule has 0 spiro atoms. The van der Waals surface area contributed by atoms with E-state index in [1.807, 2.05) is 7.05 Å². The fourth-order valence-corrected chi connectivity index (χ4v) is 3.10. The van der Waals surface area contributed by atoms with E-state index in [0.29, 0.717) is 10.5 Å². The number of fused-ring (bicyclic) bond motifs is 1. The first-order valence-electron chi connectivity index (χ1n) is 5.55. The maximum atomic E-state index is 5.72. The number of likely N-dealkylation sites (N-methyl/N-ethyl adjacent to an activating group) is 1. The molecule has 1 aromatic carbocycles. The van der Waals surface area contributed by atoms with Crippen molar-refractivity contribution < 1.29 is 0 Å². The Morgan fingerprint density at radius 2 is 2.31 bits per heavy atom. The topological polar surface area (TPSA) is 50.9 Å². The van der Waals surface area contributed by atoms with Gasteiger partial charge in [-0.25, -0.2) is 4.98 Å². The van der Waals surface area contributed by atoms with Crippen LogP contribution in [0.1, 0.15) is 18.4 Å². The molecule has 16 heavy (non-hydrogen) atoms. The van der Waals surface area contributed by atoms with Crippen LogP contribution in [0.15, 0.2) is 18.2 Å². The van der Waals surface area contributed by atoms with Crippen LogP contribution in [-0.2, 0) is 5.41 Å². The van der Waals surface area contributed by atoms with E-state index in [2.05, 4.69) is 28.5 Å². The highest BCUT2D eigenvalue weighted by Crippen LogP contribution is 2.48. The van der Waals surface area contributed by atoms with Crippen molar-refractivity contribution in [1.29, 1.82) is 0 Å². The molecule has 0 aliphatic heterocycles. The van der Waals surface area contributed by atoms with Crippen LogP contribution >= 0.6 is 11.3 Å². The molecule has 1 aromatic heterocycles. The van der Waals surface area contributed by atoms with Gasteiger partial charge >= 0.3 is 0 Å². The summed E-state index contributed by atoms with van der Waals surface area (Å²) >= 11 is 1.57. The van der Waals surface area contributed by atoms with E-state index in [9.17, 15) is 0 Å². The molecule has 0 saturated heterocycles. The number of thiazole rings is 1. The van der Waals surface area contributed by atoms with E-state index >= 15 is 0 Å². The van der Waals surface area contributed by atoms with Crippen molar-refractivity contribution in [3.8, 4) is 0 Å². The smallest absolute Gasteiger partial charge is 0.181 e. The van der Waals surface area contributed by atoms with Gasteiger partial charge in [0.2, 0.25) is 0 Å². The van der Waals surface area contributed by atoms with E-state index in [0.717, 1.165) is 12.1 Å². The molecule has 3 nitrogen and oxygen atoms in total. The van der Waals surface area contributed by atoms with Gasteiger partial charge < -0.3 is 11.1 Å². The van der Waals surface area contributed by atoms with Crippen LogP contribution in [0.5, 0.6) is 0 Å². The van der Waals surface area contributed by atoms with Crippen molar-refractivity contribution in [1.82, 2.24) is 10.3 Å². The van der Waals surface area contributed by atoms with Crippen molar-refractivity contribution in [3.63, 3.8) is 0 Å². The number of hydrogen-bond acceptors (Lipinski definition) is 4. The van der Waals surface area contributed by atoms with Crippen molar-refractivity contribution in [2.24, 2.45) is 0 Å². The molecule has 0 atom stereocenters. The van der Waals surface area contributed by atoms with Crippen LogP contribution in [0, 0.1) is 0 Å². The highest BCUT2D eigenvalue weighted by Gasteiger charge is 2.43. The fraction of sp³-hybridized carbons (Fsp3) is 0.417. The van der Waals surface area contributed by atoms with Crippen molar-refractivity contribution in [2.75, 3.05) is 19.3 Å². The van der Waals surface area contributed by atoms with E-state index in [1.54, 1.807) is 11.3 Å². The van der Waals surface area contributed by atoms with Crippen LogP contribution in [0.4, 0.5) is 5.13 Å². The minimum Gasteiger partial charge on any atom is -0.375 e. The number of nitrogens with zero attached hydrogens (tertiary/aromatic N) is 1. The van der Waals surface area contributed by atoms with Gasteiger partial charge in [-0.05, 0) is 37.6 Å². The van der Waals surface area contributed by atoms with Gasteiger partial charge in [0, 0.05) is 12.0 Å². The maximum absolute atomic E-state index is 5.72. The second kappa shape index (κ2) is 3.43. The number of benzene rings is 1. The lowest BCUT2D eigenvalue weighted by atomic mass is 9.96. The summed E-state index contributed by atoms with van der Waals surface area (Å²) in [5.74, 6) is 0. The average Bonchev–Trinajstić information content (AvgIpc) is 2.93. The lowest BCUT2D eigenvalue weighted by molar-refractivity contribution is 0.625. The predicted octanol–water partition coefficient (Wildman–Crippen LogP) is 2.13. The van der Waals surface area contributed by atoms with Crippen molar-refractivity contribution in [3.05, 3.63) is 23.8 Å². The van der Waals surface area contributed by atoms with Gasteiger partial charge in [0.1, 0.15) is 0 Å². The quantitative estimate of drug-likeness (QED) is 0.854. The Morgan fingerprint density at radius 1 is 1.50 bits per heavy atom. The zero-order valence-corrected chi connectivity index (χ0v) is 10.1. The first kappa shape index (κ1) is 10.1. The Bertz CT molecular complexity index is 528. The molecule has 1 saturated carbocycles. The molecule has 1 heterocycles. The second-order valence-electron chi connectivity index (χ2n) is 4.55. The van der Waals surface area contributed by atoms with Gasteiger partial charge in [-0.1, -0.05) is 17.4 Å². The molecule has 1 aliphatic carbocycles. The van der Waals surface area contributed by atoms with Crippen LogP contribution in [-0.4, -0.2) is 18.6 Å². The molecular weight excluding hydrogens is 218 g/mol. The molecule has 3 N–H and O–H groups in total. The Labute approximate surface area is 98.7 Å². The molecule has 3 rings (SSSR count). The Morgan fingerprint density at radius 3 is 3.00 bits per heavy atom. The standard InChI is InChI=1S/C12H15N3S/c1-14-7-12(4-5-12)8-2-3-9-10(6-8)16-11(13)15-9/h2-3,6,14H,4-5,7H2,1H3,(H2,13,15). The van der Waals surface area contributed by atoms with Gasteiger partial charge in [0.15, 0.2) is 5.13 Å². The van der Waals surface area contributed by atoms with Gasteiger partial charge in [0.05, 0.1) is 10.2 Å². The average molecular weight is 233 g/mol. The van der Waals surface area contributed by atoms with Crippen molar-refractivity contribution >= 4 is 26.7 Å². The molecule has 1 aliphatic rings. The highest BCUT2D eigenvalue weighted by molar-refractivity contribution is 7.22. The van der Waals surface area contributed by atoms with Gasteiger partial charge in [0.25, 0.3) is 0 Å². The third-order valence-corrected chi connectivity index (χ3v) is 4.23. The fourth-order valence-electron chi connectivity index (χ4n) is 2.33. The highest BCUT2D eigenvalue weighted by atomic mass is 32.1. The minimum atomic E-state index is 0.377. The number of rotatable bonds is 3. The summed E-state index contributed by atoms with van der Waals surface area (Å²) in [6.07, 6.45) is 2.57. The van der Waals surface area contributed by atoms with Gasteiger partial charge in [-0.3, -0.25) is 0 Å². The number of anilines is 1. The molecule has 1 fully saturated rings. The number of nitrogens with two attached hydrogens (primary N) is 1. The summed E-state index contributed by atoms with van der Waals surface area (Å²) in [6, 6.07) is 6.55. The van der Waals surface area contributed by atoms with Crippen LogP contribution in [0.2, 0.25) is 0 Å². The number of nitrogens with one attached hydrogen (secondary N) is 1. The zero-order chi connectivity index (χ0) is 11.2. The molecule has 0 unspecified atom stereocenters. The summed E-state index contributed by atoms with van der Waals surface area (Å²) in [6.45, 7) is 1.06. The molecule has 0 radical (unpaired) electrons. The van der Waals surface area contributed by atoms with Crippen LogP contribution in [0.25, 0.3) is 10.2 Å². The Hall–Kier alpha value is -1.13. The number of hydrogen-bond donors (Lipinski definition) is 2. The first-order chi connectivity index (χ1) is 7.73. The second-order valence-corrected chi connectivity index (χ2v) is 5.61. The predicted molar refractivity (Wildman–Crippen MR) is 68.9 cm³/mol. The molecule has 84 valence electrons. The maximum Gasteiger partial charge on any atom is 0.181 e. The normalized spacial score (nSPS) is 17.8. The van der Waals surface area contributed by atoms with E-state index < -0.39 is 0 Å². The summed E-state index contributed by atoms with van der Waals surface area (Å²) in [4.78, 5) is 4.28. The minimum absolute atomic E-state index is 0.377. The molecule has 4 heteroatoms. The zero-order valence-electron chi connectivity index (χ0n) is 9.29. The molecule has 2 aromatic rings. The van der Waals surface area contributed by atoms with Crippen molar-refractivity contribution in [2.45, 2.75) is 18.3 Å². The Kier molecular flexibility index (Phi) is 2.16. The van der Waals surface area contributed by atoms with Gasteiger partial charge in [-0.2, -0.15) is 0 Å². The monoisotopic (exact) mass is 233 g/mol. The van der Waals surface area contributed by atoms with Gasteiger partial charge in [-0.15, -0.1) is 0 Å². The largest absolute Gasteiger partial charge is 0.375 e. The van der Waals surface area contributed by atoms with Crippen LogP contribution in [0.3, 0.4) is 0 Å². The van der Waals surface area contributed by atoms with E-state index in [-0.39, 0.29) is 0 Å². The summed E-state index contributed by atoms with van der Waals surface area (Å²) in [7, 11) is 2.02. The number of nitrogen functional groups attached to an aromatic ring is 1.